The molecule has 2 rings (SSSR count). The maximum Gasteiger partial charge on any atom is 0.218 e. The molecule has 112 valence electrons. The topological polar surface area (TPSA) is 34.2 Å². The first kappa shape index (κ1) is 15.5. The summed E-state index contributed by atoms with van der Waals surface area (Å²) in [6.07, 6.45) is 1.91. The Bertz CT molecular complexity index is 573. The Morgan fingerprint density at radius 3 is 2.43 bits per heavy atom. The fraction of sp³-hybridized carbons (Fsp3) is 0.389. The van der Waals surface area contributed by atoms with Gasteiger partial charge in [0.05, 0.1) is 6.10 Å². The van der Waals surface area contributed by atoms with E-state index in [-0.39, 0.29) is 6.10 Å². The molecule has 0 spiro atoms. The monoisotopic (exact) mass is 284 g/mol. The highest BCUT2D eigenvalue weighted by Crippen LogP contribution is 2.17. The van der Waals surface area contributed by atoms with Crippen molar-refractivity contribution < 1.29 is 4.74 Å². The summed E-state index contributed by atoms with van der Waals surface area (Å²) in [4.78, 5) is 4.32. The summed E-state index contributed by atoms with van der Waals surface area (Å²) >= 11 is 0. The lowest BCUT2D eigenvalue weighted by Crippen LogP contribution is -2.16. The Hall–Kier alpha value is -1.87. The Morgan fingerprint density at radius 2 is 1.76 bits per heavy atom. The normalized spacial score (nSPS) is 10.9. The van der Waals surface area contributed by atoms with Crippen LogP contribution in [0.15, 0.2) is 36.5 Å². The first-order chi connectivity index (χ1) is 10.1. The van der Waals surface area contributed by atoms with Crippen LogP contribution in [0.2, 0.25) is 0 Å². The second-order valence-electron chi connectivity index (χ2n) is 5.61. The van der Waals surface area contributed by atoms with Gasteiger partial charge in [0.15, 0.2) is 0 Å². The molecule has 0 unspecified atom stereocenters. The van der Waals surface area contributed by atoms with Crippen molar-refractivity contribution in [1.82, 2.24) is 10.3 Å². The first-order valence-electron chi connectivity index (χ1n) is 7.44. The Balaban J connectivity index is 2.01. The summed E-state index contributed by atoms with van der Waals surface area (Å²) < 4.78 is 5.74. The Labute approximate surface area is 127 Å². The molecule has 0 radical (unpaired) electrons. The number of benzene rings is 1. The second kappa shape index (κ2) is 7.23. The van der Waals surface area contributed by atoms with Crippen LogP contribution in [0.1, 0.15) is 36.1 Å². The third-order valence-corrected chi connectivity index (χ3v) is 3.46. The van der Waals surface area contributed by atoms with E-state index < -0.39 is 0 Å². The molecule has 1 N–H and O–H groups in total. The molecule has 1 aromatic heterocycles. The number of aromatic nitrogens is 1. The zero-order valence-electron chi connectivity index (χ0n) is 13.3. The van der Waals surface area contributed by atoms with Crippen molar-refractivity contribution in [2.24, 2.45) is 0 Å². The van der Waals surface area contributed by atoms with Crippen molar-refractivity contribution in [2.75, 3.05) is 0 Å². The van der Waals surface area contributed by atoms with Crippen LogP contribution in [0, 0.1) is 13.8 Å². The minimum absolute atomic E-state index is 0.136. The van der Waals surface area contributed by atoms with Crippen molar-refractivity contribution in [3.8, 4) is 5.88 Å². The average molecular weight is 284 g/mol. The minimum atomic E-state index is 0.136. The van der Waals surface area contributed by atoms with E-state index in [1.165, 1.54) is 16.7 Å². The maximum absolute atomic E-state index is 5.74. The molecule has 2 aromatic rings. The number of aryl methyl sites for hydroxylation is 2. The van der Waals surface area contributed by atoms with Crippen LogP contribution in [-0.2, 0) is 13.1 Å². The van der Waals surface area contributed by atoms with Crippen molar-refractivity contribution in [1.29, 1.82) is 0 Å². The molecule has 0 fully saturated rings. The van der Waals surface area contributed by atoms with Gasteiger partial charge in [-0.2, -0.15) is 0 Å². The van der Waals surface area contributed by atoms with Crippen molar-refractivity contribution >= 4 is 0 Å². The number of hydrogen-bond acceptors (Lipinski definition) is 3. The third-order valence-electron chi connectivity index (χ3n) is 3.46. The first-order valence-corrected chi connectivity index (χ1v) is 7.44. The van der Waals surface area contributed by atoms with Gasteiger partial charge in [0.25, 0.3) is 0 Å². The number of nitrogens with one attached hydrogen (secondary N) is 1. The van der Waals surface area contributed by atoms with E-state index in [4.69, 9.17) is 4.74 Å². The van der Waals surface area contributed by atoms with E-state index in [0.29, 0.717) is 0 Å². The number of pyridine rings is 1. The number of rotatable bonds is 6. The Kier molecular flexibility index (Phi) is 5.34. The van der Waals surface area contributed by atoms with Gasteiger partial charge in [-0.25, -0.2) is 4.98 Å². The fourth-order valence-electron chi connectivity index (χ4n) is 2.34. The summed E-state index contributed by atoms with van der Waals surface area (Å²) in [6, 6.07) is 10.4. The molecular weight excluding hydrogens is 260 g/mol. The molecule has 0 saturated carbocycles. The lowest BCUT2D eigenvalue weighted by Gasteiger charge is -2.14. The zero-order chi connectivity index (χ0) is 15.2. The fourth-order valence-corrected chi connectivity index (χ4v) is 2.34. The van der Waals surface area contributed by atoms with Crippen LogP contribution >= 0.6 is 0 Å². The van der Waals surface area contributed by atoms with Crippen LogP contribution in [0.3, 0.4) is 0 Å². The van der Waals surface area contributed by atoms with Gasteiger partial charge in [0.2, 0.25) is 5.88 Å². The highest BCUT2D eigenvalue weighted by atomic mass is 16.5. The summed E-state index contributed by atoms with van der Waals surface area (Å²) in [5, 5.41) is 3.49. The molecule has 0 amide bonds. The van der Waals surface area contributed by atoms with Crippen molar-refractivity contribution in [3.63, 3.8) is 0 Å². The number of nitrogens with zero attached hydrogens (tertiary/aromatic N) is 1. The summed E-state index contributed by atoms with van der Waals surface area (Å²) in [6.45, 7) is 9.95. The summed E-state index contributed by atoms with van der Waals surface area (Å²) in [5.74, 6) is 0.724. The SMILES string of the molecule is Cc1cccc(C)c1CNCc1cccnc1OC(C)C. The van der Waals surface area contributed by atoms with Crippen LogP contribution in [0.5, 0.6) is 5.88 Å². The van der Waals surface area contributed by atoms with Gasteiger partial charge >= 0.3 is 0 Å². The lowest BCUT2D eigenvalue weighted by molar-refractivity contribution is 0.229. The summed E-state index contributed by atoms with van der Waals surface area (Å²) in [5.41, 5.74) is 5.12. The van der Waals surface area contributed by atoms with Crippen molar-refractivity contribution in [3.05, 3.63) is 58.8 Å². The van der Waals surface area contributed by atoms with Gasteiger partial charge < -0.3 is 10.1 Å². The molecule has 1 aromatic carbocycles. The Morgan fingerprint density at radius 1 is 1.05 bits per heavy atom. The van der Waals surface area contributed by atoms with Crippen LogP contribution in [0.25, 0.3) is 0 Å². The highest BCUT2D eigenvalue weighted by Gasteiger charge is 2.07. The van der Waals surface area contributed by atoms with E-state index in [1.54, 1.807) is 6.20 Å². The zero-order valence-corrected chi connectivity index (χ0v) is 13.3. The minimum Gasteiger partial charge on any atom is -0.475 e. The van der Waals surface area contributed by atoms with Crippen LogP contribution < -0.4 is 10.1 Å². The van der Waals surface area contributed by atoms with Gasteiger partial charge in [-0.05, 0) is 50.5 Å². The van der Waals surface area contributed by atoms with Crippen molar-refractivity contribution in [2.45, 2.75) is 46.9 Å². The largest absolute Gasteiger partial charge is 0.475 e. The molecule has 0 aliphatic rings. The third kappa shape index (κ3) is 4.30. The van der Waals surface area contributed by atoms with Gasteiger partial charge in [0.1, 0.15) is 0 Å². The predicted molar refractivity (Wildman–Crippen MR) is 86.5 cm³/mol. The smallest absolute Gasteiger partial charge is 0.218 e. The standard InChI is InChI=1S/C18H24N2O/c1-13(2)21-18-16(9-6-10-20-18)11-19-12-17-14(3)7-5-8-15(17)4/h5-10,13,19H,11-12H2,1-4H3. The number of hydrogen-bond donors (Lipinski definition) is 1. The predicted octanol–water partition coefficient (Wildman–Crippen LogP) is 3.78. The van der Waals surface area contributed by atoms with Gasteiger partial charge in [0, 0.05) is 24.8 Å². The second-order valence-corrected chi connectivity index (χ2v) is 5.61. The van der Waals surface area contributed by atoms with Gasteiger partial charge in [-0.3, -0.25) is 0 Å². The molecule has 3 nitrogen and oxygen atoms in total. The summed E-state index contributed by atoms with van der Waals surface area (Å²) in [7, 11) is 0. The van der Waals surface area contributed by atoms with E-state index in [9.17, 15) is 0 Å². The molecule has 21 heavy (non-hydrogen) atoms. The van der Waals surface area contributed by atoms with E-state index in [1.807, 2.05) is 19.9 Å². The maximum atomic E-state index is 5.74. The van der Waals surface area contributed by atoms with E-state index in [0.717, 1.165) is 24.5 Å². The molecule has 0 aliphatic heterocycles. The molecule has 0 aliphatic carbocycles. The molecule has 0 atom stereocenters. The van der Waals surface area contributed by atoms with E-state index in [2.05, 4.69) is 48.4 Å². The molecule has 0 bridgehead atoms. The van der Waals surface area contributed by atoms with Gasteiger partial charge in [-0.15, -0.1) is 0 Å². The molecule has 3 heteroatoms. The average Bonchev–Trinajstić information content (AvgIpc) is 2.43. The lowest BCUT2D eigenvalue weighted by atomic mass is 10.0. The van der Waals surface area contributed by atoms with Crippen LogP contribution in [-0.4, -0.2) is 11.1 Å². The molecule has 1 heterocycles. The quantitative estimate of drug-likeness (QED) is 0.876. The van der Waals surface area contributed by atoms with Crippen LogP contribution in [0.4, 0.5) is 0 Å². The highest BCUT2D eigenvalue weighted by molar-refractivity contribution is 5.33. The molecule has 0 saturated heterocycles. The number of ether oxygens (including phenoxy) is 1. The molecular formula is C18H24N2O. The van der Waals surface area contributed by atoms with Gasteiger partial charge in [-0.1, -0.05) is 24.3 Å². The van der Waals surface area contributed by atoms with E-state index >= 15 is 0 Å².